The lowest BCUT2D eigenvalue weighted by atomic mass is 10.2. The molecule has 0 radical (unpaired) electrons. The normalized spacial score (nSPS) is 15.1. The van der Waals surface area contributed by atoms with Crippen LogP contribution in [0, 0.1) is 0 Å². The Morgan fingerprint density at radius 1 is 1.27 bits per heavy atom. The quantitative estimate of drug-likeness (QED) is 0.755. The first kappa shape index (κ1) is 16.4. The number of hydrogen-bond acceptors (Lipinski definition) is 4. The smallest absolute Gasteiger partial charge is 0.276 e. The minimum Gasteiger partial charge on any atom is -0.484 e. The second kappa shape index (κ2) is 8.44. The molecule has 1 aromatic carbocycles. The van der Waals surface area contributed by atoms with Crippen molar-refractivity contribution < 1.29 is 9.53 Å². The van der Waals surface area contributed by atoms with E-state index in [-0.39, 0.29) is 12.5 Å². The summed E-state index contributed by atoms with van der Waals surface area (Å²) in [6, 6.07) is 7.81. The van der Waals surface area contributed by atoms with Gasteiger partial charge in [-0.1, -0.05) is 26.0 Å². The maximum absolute atomic E-state index is 11.8. The molecule has 0 unspecified atom stereocenters. The molecule has 22 heavy (non-hydrogen) atoms. The lowest BCUT2D eigenvalue weighted by molar-refractivity contribution is -0.123. The van der Waals surface area contributed by atoms with Crippen LogP contribution in [-0.2, 0) is 11.2 Å². The van der Waals surface area contributed by atoms with Crippen molar-refractivity contribution in [3.63, 3.8) is 0 Å². The Labute approximate surface area is 132 Å². The van der Waals surface area contributed by atoms with Crippen LogP contribution in [0.2, 0.25) is 0 Å². The molecule has 0 saturated carbocycles. The lowest BCUT2D eigenvalue weighted by Crippen LogP contribution is -2.42. The molecule has 1 heterocycles. The molecular formula is C17H25N3O2. The Kier molecular flexibility index (Phi) is 6.27. The number of nitrogens with zero attached hydrogens (tertiary/aromatic N) is 1. The van der Waals surface area contributed by atoms with E-state index in [4.69, 9.17) is 4.74 Å². The first-order chi connectivity index (χ1) is 10.7. The molecule has 0 bridgehead atoms. The number of carbonyl (C=O) groups excluding carboxylic acids is 1. The predicted molar refractivity (Wildman–Crippen MR) is 87.4 cm³/mol. The number of hydrogen-bond donors (Lipinski definition) is 2. The Hall–Kier alpha value is -2.01. The Balaban J connectivity index is 1.68. The van der Waals surface area contributed by atoms with Crippen molar-refractivity contribution in [3.05, 3.63) is 41.6 Å². The Bertz CT molecular complexity index is 511. The average Bonchev–Trinajstić information content (AvgIpc) is 2.59. The lowest BCUT2D eigenvalue weighted by Gasteiger charge is -2.25. The molecule has 0 saturated heterocycles. The minimum atomic E-state index is -0.182. The molecule has 2 N–H and O–H groups in total. The molecule has 0 spiro atoms. The predicted octanol–water partition coefficient (Wildman–Crippen LogP) is 1.86. The summed E-state index contributed by atoms with van der Waals surface area (Å²) in [4.78, 5) is 14.1. The first-order valence-electron chi connectivity index (χ1n) is 7.89. The molecule has 0 atom stereocenters. The summed E-state index contributed by atoms with van der Waals surface area (Å²) in [5.41, 5.74) is 7.97. The van der Waals surface area contributed by atoms with Gasteiger partial charge in [-0.25, -0.2) is 0 Å². The van der Waals surface area contributed by atoms with E-state index in [9.17, 15) is 4.79 Å². The van der Waals surface area contributed by atoms with Crippen LogP contribution in [0.1, 0.15) is 25.8 Å². The van der Waals surface area contributed by atoms with Crippen LogP contribution in [0.5, 0.6) is 5.75 Å². The number of amides is 1. The van der Waals surface area contributed by atoms with Gasteiger partial charge in [-0.05, 0) is 36.7 Å². The van der Waals surface area contributed by atoms with Crippen molar-refractivity contribution in [2.45, 2.75) is 26.7 Å². The minimum absolute atomic E-state index is 0.00678. The van der Waals surface area contributed by atoms with Gasteiger partial charge in [0.2, 0.25) is 0 Å². The summed E-state index contributed by atoms with van der Waals surface area (Å²) in [5.74, 6) is 0.529. The molecule has 0 aromatic heterocycles. The van der Waals surface area contributed by atoms with Crippen LogP contribution >= 0.6 is 0 Å². The second-order valence-electron chi connectivity index (χ2n) is 5.33. The first-order valence-corrected chi connectivity index (χ1v) is 7.89. The number of carbonyl (C=O) groups is 1. The van der Waals surface area contributed by atoms with Gasteiger partial charge in [0.15, 0.2) is 6.61 Å². The van der Waals surface area contributed by atoms with Crippen molar-refractivity contribution in [1.82, 2.24) is 15.8 Å². The number of benzene rings is 1. The van der Waals surface area contributed by atoms with Crippen molar-refractivity contribution >= 4 is 5.91 Å². The fraction of sp³-hybridized carbons (Fsp3) is 0.471. The van der Waals surface area contributed by atoms with E-state index >= 15 is 0 Å². The molecule has 1 aromatic rings. The standard InChI is InChI=1S/C17H25N3O2/c1-3-14-5-7-16(8-6-14)22-13-17(21)19-18-15-9-11-20(4-2)12-10-15/h5-9,18H,3-4,10-13H2,1-2H3,(H,19,21). The number of nitrogens with one attached hydrogen (secondary N) is 2. The van der Waals surface area contributed by atoms with Crippen LogP contribution in [0.25, 0.3) is 0 Å². The fourth-order valence-electron chi connectivity index (χ4n) is 2.27. The van der Waals surface area contributed by atoms with Gasteiger partial charge in [-0.2, -0.15) is 0 Å². The van der Waals surface area contributed by atoms with E-state index in [1.807, 2.05) is 24.3 Å². The van der Waals surface area contributed by atoms with Crippen molar-refractivity contribution in [1.29, 1.82) is 0 Å². The van der Waals surface area contributed by atoms with E-state index in [2.05, 4.69) is 35.7 Å². The maximum Gasteiger partial charge on any atom is 0.276 e. The van der Waals surface area contributed by atoms with E-state index in [0.29, 0.717) is 5.75 Å². The molecule has 0 fully saturated rings. The van der Waals surface area contributed by atoms with E-state index in [1.54, 1.807) is 0 Å². The van der Waals surface area contributed by atoms with Crippen molar-refractivity contribution in [2.24, 2.45) is 0 Å². The van der Waals surface area contributed by atoms with Gasteiger partial charge in [-0.15, -0.1) is 0 Å². The zero-order valence-electron chi connectivity index (χ0n) is 13.4. The molecule has 5 nitrogen and oxygen atoms in total. The third-order valence-electron chi connectivity index (χ3n) is 3.80. The topological polar surface area (TPSA) is 53.6 Å². The SMILES string of the molecule is CCc1ccc(OCC(=O)NNC2=CCN(CC)CC2)cc1. The summed E-state index contributed by atoms with van der Waals surface area (Å²) in [6.07, 6.45) is 4.03. The third-order valence-corrected chi connectivity index (χ3v) is 3.80. The summed E-state index contributed by atoms with van der Waals surface area (Å²) in [6.45, 7) is 7.27. The molecule has 2 rings (SSSR count). The van der Waals surface area contributed by atoms with Crippen molar-refractivity contribution in [2.75, 3.05) is 26.2 Å². The zero-order valence-corrected chi connectivity index (χ0v) is 13.4. The highest BCUT2D eigenvalue weighted by atomic mass is 16.5. The van der Waals surface area contributed by atoms with Gasteiger partial charge in [-0.3, -0.25) is 15.1 Å². The second-order valence-corrected chi connectivity index (χ2v) is 5.33. The van der Waals surface area contributed by atoms with Gasteiger partial charge in [0.1, 0.15) is 5.75 Å². The third kappa shape index (κ3) is 5.07. The zero-order chi connectivity index (χ0) is 15.8. The monoisotopic (exact) mass is 303 g/mol. The van der Waals surface area contributed by atoms with Crippen LogP contribution in [-0.4, -0.2) is 37.0 Å². The summed E-state index contributed by atoms with van der Waals surface area (Å²) in [5, 5.41) is 0. The van der Waals surface area contributed by atoms with E-state index in [0.717, 1.165) is 38.2 Å². The largest absolute Gasteiger partial charge is 0.484 e. The molecular weight excluding hydrogens is 278 g/mol. The highest BCUT2D eigenvalue weighted by Crippen LogP contribution is 2.12. The molecule has 0 aliphatic carbocycles. The number of rotatable bonds is 7. The van der Waals surface area contributed by atoms with Crippen LogP contribution < -0.4 is 15.6 Å². The summed E-state index contributed by atoms with van der Waals surface area (Å²) >= 11 is 0. The van der Waals surface area contributed by atoms with Crippen LogP contribution in [0.4, 0.5) is 0 Å². The summed E-state index contributed by atoms with van der Waals surface area (Å²) < 4.78 is 5.46. The number of hydrazine groups is 1. The Morgan fingerprint density at radius 3 is 2.64 bits per heavy atom. The highest BCUT2D eigenvalue weighted by Gasteiger charge is 2.10. The Morgan fingerprint density at radius 2 is 2.05 bits per heavy atom. The number of likely N-dealkylation sites (N-methyl/N-ethyl adjacent to an activating group) is 1. The van der Waals surface area contributed by atoms with Gasteiger partial charge in [0.05, 0.1) is 0 Å². The van der Waals surface area contributed by atoms with Gasteiger partial charge >= 0.3 is 0 Å². The van der Waals surface area contributed by atoms with Crippen LogP contribution in [0.15, 0.2) is 36.0 Å². The van der Waals surface area contributed by atoms with Gasteiger partial charge in [0.25, 0.3) is 5.91 Å². The number of ether oxygens (including phenoxy) is 1. The number of aryl methyl sites for hydroxylation is 1. The van der Waals surface area contributed by atoms with Gasteiger partial charge in [0, 0.05) is 25.2 Å². The molecule has 5 heteroatoms. The summed E-state index contributed by atoms with van der Waals surface area (Å²) in [7, 11) is 0. The van der Waals surface area contributed by atoms with Crippen LogP contribution in [0.3, 0.4) is 0 Å². The van der Waals surface area contributed by atoms with E-state index < -0.39 is 0 Å². The fourth-order valence-corrected chi connectivity index (χ4v) is 2.27. The maximum atomic E-state index is 11.8. The molecule has 1 amide bonds. The van der Waals surface area contributed by atoms with Gasteiger partial charge < -0.3 is 10.2 Å². The molecule has 120 valence electrons. The van der Waals surface area contributed by atoms with E-state index in [1.165, 1.54) is 5.56 Å². The highest BCUT2D eigenvalue weighted by molar-refractivity contribution is 5.77. The molecule has 1 aliphatic rings. The van der Waals surface area contributed by atoms with Crippen molar-refractivity contribution in [3.8, 4) is 5.75 Å². The average molecular weight is 303 g/mol. The molecule has 1 aliphatic heterocycles.